The van der Waals surface area contributed by atoms with Crippen molar-refractivity contribution in [1.82, 2.24) is 15.2 Å². The van der Waals surface area contributed by atoms with Gasteiger partial charge in [0, 0.05) is 18.3 Å². The van der Waals surface area contributed by atoms with Crippen molar-refractivity contribution < 1.29 is 4.42 Å². The lowest BCUT2D eigenvalue weighted by molar-refractivity contribution is 0.353. The van der Waals surface area contributed by atoms with E-state index >= 15 is 0 Å². The van der Waals surface area contributed by atoms with E-state index in [0.29, 0.717) is 11.8 Å². The molecule has 1 unspecified atom stereocenters. The Kier molecular flexibility index (Phi) is 3.82. The molecule has 1 atom stereocenters. The lowest BCUT2D eigenvalue weighted by Crippen LogP contribution is -2.04. The zero-order valence-corrected chi connectivity index (χ0v) is 11.6. The highest BCUT2D eigenvalue weighted by molar-refractivity contribution is 7.80. The van der Waals surface area contributed by atoms with E-state index < -0.39 is 0 Å². The molecule has 0 saturated heterocycles. The average molecular weight is 275 g/mol. The minimum Gasteiger partial charge on any atom is -0.423 e. The number of aromatic nitrogens is 3. The normalized spacial score (nSPS) is 18.4. The van der Waals surface area contributed by atoms with Gasteiger partial charge in [-0.25, -0.2) is 0 Å². The van der Waals surface area contributed by atoms with Crippen molar-refractivity contribution in [3.8, 4) is 0 Å². The van der Waals surface area contributed by atoms with Crippen LogP contribution in [0.2, 0.25) is 0 Å². The molecule has 0 radical (unpaired) electrons. The minimum atomic E-state index is -0.196. The van der Waals surface area contributed by atoms with Crippen LogP contribution >= 0.6 is 12.6 Å². The maximum atomic E-state index is 5.81. The van der Waals surface area contributed by atoms with Crippen LogP contribution in [0.15, 0.2) is 28.9 Å². The molecular formula is C14H17N3OS. The van der Waals surface area contributed by atoms with Crippen molar-refractivity contribution >= 4 is 12.6 Å². The summed E-state index contributed by atoms with van der Waals surface area (Å²) in [5.41, 5.74) is 0.977. The molecule has 100 valence electrons. The van der Waals surface area contributed by atoms with Gasteiger partial charge in [0.2, 0.25) is 11.8 Å². The zero-order chi connectivity index (χ0) is 13.1. The third kappa shape index (κ3) is 2.81. The largest absolute Gasteiger partial charge is 0.423 e. The summed E-state index contributed by atoms with van der Waals surface area (Å²) in [7, 11) is 0. The second-order valence-electron chi connectivity index (χ2n) is 5.00. The first-order chi connectivity index (χ1) is 9.34. The molecule has 2 aromatic rings. The Morgan fingerprint density at radius 3 is 2.79 bits per heavy atom. The molecule has 0 bridgehead atoms. The van der Waals surface area contributed by atoms with E-state index in [1.807, 2.05) is 12.1 Å². The van der Waals surface area contributed by atoms with Gasteiger partial charge in [0.25, 0.3) is 0 Å². The Morgan fingerprint density at radius 1 is 1.21 bits per heavy atom. The Balaban J connectivity index is 1.77. The molecule has 1 aliphatic rings. The first-order valence-electron chi connectivity index (χ1n) is 6.76. The number of nitrogens with zero attached hydrogens (tertiary/aromatic N) is 3. The molecule has 19 heavy (non-hydrogen) atoms. The van der Waals surface area contributed by atoms with Crippen LogP contribution in [0.5, 0.6) is 0 Å². The maximum Gasteiger partial charge on any atom is 0.233 e. The van der Waals surface area contributed by atoms with Gasteiger partial charge in [-0.3, -0.25) is 4.98 Å². The molecule has 0 aliphatic heterocycles. The van der Waals surface area contributed by atoms with Gasteiger partial charge in [-0.2, -0.15) is 12.6 Å². The van der Waals surface area contributed by atoms with E-state index in [1.165, 1.54) is 19.3 Å². The molecule has 1 aliphatic carbocycles. The van der Waals surface area contributed by atoms with E-state index in [1.54, 1.807) is 12.4 Å². The molecule has 1 fully saturated rings. The van der Waals surface area contributed by atoms with Gasteiger partial charge < -0.3 is 4.42 Å². The Morgan fingerprint density at radius 2 is 2.05 bits per heavy atom. The predicted octanol–water partition coefficient (Wildman–Crippen LogP) is 3.53. The van der Waals surface area contributed by atoms with Gasteiger partial charge in [-0.1, -0.05) is 25.3 Å². The van der Waals surface area contributed by atoms with Crippen LogP contribution in [0, 0.1) is 0 Å². The van der Waals surface area contributed by atoms with Gasteiger partial charge in [0.05, 0.1) is 0 Å². The smallest absolute Gasteiger partial charge is 0.233 e. The quantitative estimate of drug-likeness (QED) is 0.871. The van der Waals surface area contributed by atoms with Crippen LogP contribution in [0.4, 0.5) is 0 Å². The number of hydrogen-bond acceptors (Lipinski definition) is 5. The molecule has 3 rings (SSSR count). The molecule has 5 heteroatoms. The summed E-state index contributed by atoms with van der Waals surface area (Å²) in [5.74, 6) is 1.78. The lowest BCUT2D eigenvalue weighted by atomic mass is 9.89. The summed E-state index contributed by atoms with van der Waals surface area (Å²) in [4.78, 5) is 4.09. The minimum absolute atomic E-state index is 0.196. The molecule has 4 nitrogen and oxygen atoms in total. The fourth-order valence-corrected chi connectivity index (χ4v) is 2.81. The second-order valence-corrected chi connectivity index (χ2v) is 5.52. The topological polar surface area (TPSA) is 51.8 Å². The van der Waals surface area contributed by atoms with Crippen LogP contribution in [0.3, 0.4) is 0 Å². The lowest BCUT2D eigenvalue weighted by Gasteiger charge is -2.17. The van der Waals surface area contributed by atoms with Gasteiger partial charge >= 0.3 is 0 Å². The number of thiol groups is 1. The van der Waals surface area contributed by atoms with E-state index in [0.717, 1.165) is 24.3 Å². The van der Waals surface area contributed by atoms with Crippen LogP contribution in [0.1, 0.15) is 60.6 Å². The van der Waals surface area contributed by atoms with Gasteiger partial charge in [0.1, 0.15) is 5.25 Å². The zero-order valence-electron chi connectivity index (χ0n) is 10.7. The SMILES string of the molecule is SC(c1cccnc1)c1nnc(C2CCCCC2)o1. The maximum absolute atomic E-state index is 5.81. The molecule has 2 heterocycles. The van der Waals surface area contributed by atoms with Gasteiger partial charge in [-0.05, 0) is 24.5 Å². The van der Waals surface area contributed by atoms with Crippen molar-refractivity contribution in [1.29, 1.82) is 0 Å². The highest BCUT2D eigenvalue weighted by atomic mass is 32.1. The van der Waals surface area contributed by atoms with E-state index in [9.17, 15) is 0 Å². The fourth-order valence-electron chi connectivity index (χ4n) is 2.55. The van der Waals surface area contributed by atoms with Crippen LogP contribution in [0.25, 0.3) is 0 Å². The summed E-state index contributed by atoms with van der Waals surface area (Å²) in [6.45, 7) is 0. The van der Waals surface area contributed by atoms with Crippen molar-refractivity contribution in [2.45, 2.75) is 43.3 Å². The third-order valence-electron chi connectivity index (χ3n) is 3.64. The second kappa shape index (κ2) is 5.74. The standard InChI is InChI=1S/C14H17N3OS/c19-12(11-7-4-8-15-9-11)14-17-16-13(18-14)10-5-2-1-3-6-10/h4,7-10,12,19H,1-3,5-6H2. The van der Waals surface area contributed by atoms with Gasteiger partial charge in [-0.15, -0.1) is 10.2 Å². The summed E-state index contributed by atoms with van der Waals surface area (Å²) < 4.78 is 5.81. The Labute approximate surface area is 118 Å². The highest BCUT2D eigenvalue weighted by Gasteiger charge is 2.23. The van der Waals surface area contributed by atoms with E-state index in [4.69, 9.17) is 4.42 Å². The van der Waals surface area contributed by atoms with E-state index in [2.05, 4.69) is 27.8 Å². The van der Waals surface area contributed by atoms with E-state index in [-0.39, 0.29) is 5.25 Å². The number of rotatable bonds is 3. The molecular weight excluding hydrogens is 258 g/mol. The Bertz CT molecular complexity index is 522. The fraction of sp³-hybridized carbons (Fsp3) is 0.500. The Hall–Kier alpha value is -1.36. The number of pyridine rings is 1. The summed E-state index contributed by atoms with van der Waals surface area (Å²) in [6, 6.07) is 3.85. The molecule has 0 aromatic carbocycles. The average Bonchev–Trinajstić information content (AvgIpc) is 2.98. The van der Waals surface area contributed by atoms with Crippen molar-refractivity contribution in [2.24, 2.45) is 0 Å². The predicted molar refractivity (Wildman–Crippen MR) is 75.2 cm³/mol. The number of hydrogen-bond donors (Lipinski definition) is 1. The van der Waals surface area contributed by atoms with Gasteiger partial charge in [0.15, 0.2) is 0 Å². The first-order valence-corrected chi connectivity index (χ1v) is 7.27. The first kappa shape index (κ1) is 12.7. The highest BCUT2D eigenvalue weighted by Crippen LogP contribution is 2.34. The molecule has 0 amide bonds. The summed E-state index contributed by atoms with van der Waals surface area (Å²) in [5, 5.41) is 8.15. The molecule has 0 N–H and O–H groups in total. The van der Waals surface area contributed by atoms with Crippen molar-refractivity contribution in [3.05, 3.63) is 41.9 Å². The van der Waals surface area contributed by atoms with Crippen molar-refractivity contribution in [2.75, 3.05) is 0 Å². The molecule has 2 aromatic heterocycles. The summed E-state index contributed by atoms with van der Waals surface area (Å²) >= 11 is 4.55. The molecule has 1 saturated carbocycles. The van der Waals surface area contributed by atoms with Crippen molar-refractivity contribution in [3.63, 3.8) is 0 Å². The van der Waals surface area contributed by atoms with Crippen LogP contribution < -0.4 is 0 Å². The van der Waals surface area contributed by atoms with Crippen LogP contribution in [-0.4, -0.2) is 15.2 Å². The third-order valence-corrected chi connectivity index (χ3v) is 4.16. The summed E-state index contributed by atoms with van der Waals surface area (Å²) in [6.07, 6.45) is 9.68. The molecule has 0 spiro atoms. The van der Waals surface area contributed by atoms with Crippen LogP contribution in [-0.2, 0) is 0 Å². The monoisotopic (exact) mass is 275 g/mol.